The van der Waals surface area contributed by atoms with E-state index in [1.165, 1.54) is 0 Å². The van der Waals surface area contributed by atoms with Crippen LogP contribution in [0, 0.1) is 5.92 Å². The highest BCUT2D eigenvalue weighted by molar-refractivity contribution is 5.91. The molecule has 0 aliphatic carbocycles. The molecule has 1 N–H and O–H groups in total. The summed E-state index contributed by atoms with van der Waals surface area (Å²) in [6, 6.07) is 3.46. The Morgan fingerprint density at radius 2 is 2.21 bits per heavy atom. The third-order valence-electron chi connectivity index (χ3n) is 1.74. The summed E-state index contributed by atoms with van der Waals surface area (Å²) in [5, 5.41) is 2.74. The summed E-state index contributed by atoms with van der Waals surface area (Å²) in [6.07, 6.45) is 1.57. The molecular formula is C10H14N2O2. The zero-order valence-corrected chi connectivity index (χ0v) is 8.57. The summed E-state index contributed by atoms with van der Waals surface area (Å²) in [6.45, 7) is 3.68. The summed E-state index contributed by atoms with van der Waals surface area (Å²) in [4.78, 5) is 15.3. The number of hydrogen-bond acceptors (Lipinski definition) is 3. The number of pyridine rings is 1. The fourth-order valence-electron chi connectivity index (χ4n) is 0.862. The monoisotopic (exact) mass is 194 g/mol. The molecule has 1 aromatic rings. The first-order chi connectivity index (χ1) is 6.63. The molecule has 0 saturated carbocycles. The third kappa shape index (κ3) is 2.73. The number of carbonyl (C=O) groups is 1. The van der Waals surface area contributed by atoms with Crippen LogP contribution in [0.25, 0.3) is 0 Å². The van der Waals surface area contributed by atoms with Crippen LogP contribution in [-0.2, 0) is 4.79 Å². The zero-order chi connectivity index (χ0) is 10.6. The Labute approximate surface area is 83.3 Å². The van der Waals surface area contributed by atoms with E-state index in [1.54, 1.807) is 25.4 Å². The van der Waals surface area contributed by atoms with Crippen molar-refractivity contribution in [2.45, 2.75) is 13.8 Å². The largest absolute Gasteiger partial charge is 0.481 e. The topological polar surface area (TPSA) is 51.2 Å². The summed E-state index contributed by atoms with van der Waals surface area (Å²) >= 11 is 0. The molecule has 0 spiro atoms. The minimum absolute atomic E-state index is 0.0167. The van der Waals surface area contributed by atoms with Crippen LogP contribution in [0.15, 0.2) is 18.3 Å². The van der Waals surface area contributed by atoms with Crippen LogP contribution >= 0.6 is 0 Å². The van der Waals surface area contributed by atoms with Crippen LogP contribution in [0.4, 0.5) is 5.69 Å². The van der Waals surface area contributed by atoms with E-state index in [2.05, 4.69) is 10.3 Å². The minimum atomic E-state index is -0.0305. The van der Waals surface area contributed by atoms with Crippen molar-refractivity contribution in [1.82, 2.24) is 4.98 Å². The van der Waals surface area contributed by atoms with Gasteiger partial charge in [-0.15, -0.1) is 0 Å². The fraction of sp³-hybridized carbons (Fsp3) is 0.400. The second-order valence-corrected chi connectivity index (χ2v) is 3.23. The van der Waals surface area contributed by atoms with Crippen LogP contribution in [0.1, 0.15) is 13.8 Å². The number of nitrogens with one attached hydrogen (secondary N) is 1. The molecule has 0 aliphatic heterocycles. The van der Waals surface area contributed by atoms with Crippen molar-refractivity contribution in [2.75, 3.05) is 12.4 Å². The molecule has 0 atom stereocenters. The van der Waals surface area contributed by atoms with Crippen LogP contribution in [0.3, 0.4) is 0 Å². The second kappa shape index (κ2) is 4.60. The van der Waals surface area contributed by atoms with E-state index < -0.39 is 0 Å². The molecule has 1 amide bonds. The summed E-state index contributed by atoms with van der Waals surface area (Å²) in [5.74, 6) is 0.488. The van der Waals surface area contributed by atoms with Crippen molar-refractivity contribution in [3.8, 4) is 5.88 Å². The molecule has 0 bridgehead atoms. The number of aromatic nitrogens is 1. The normalized spacial score (nSPS) is 10.0. The lowest BCUT2D eigenvalue weighted by Crippen LogP contribution is -2.17. The maximum atomic E-state index is 11.3. The van der Waals surface area contributed by atoms with E-state index in [4.69, 9.17) is 4.74 Å². The van der Waals surface area contributed by atoms with Gasteiger partial charge >= 0.3 is 0 Å². The lowest BCUT2D eigenvalue weighted by atomic mass is 10.2. The van der Waals surface area contributed by atoms with E-state index in [0.29, 0.717) is 11.6 Å². The van der Waals surface area contributed by atoms with Crippen molar-refractivity contribution >= 4 is 11.6 Å². The molecule has 0 fully saturated rings. The van der Waals surface area contributed by atoms with Crippen molar-refractivity contribution in [3.05, 3.63) is 18.3 Å². The standard InChI is InChI=1S/C10H14N2O2/c1-7(2)10(13)12-8-4-5-9(14-3)11-6-8/h4-7H,1-3H3,(H,12,13). The first kappa shape index (κ1) is 10.5. The Kier molecular flexibility index (Phi) is 3.45. The second-order valence-electron chi connectivity index (χ2n) is 3.23. The summed E-state index contributed by atoms with van der Waals surface area (Å²) in [7, 11) is 1.55. The summed E-state index contributed by atoms with van der Waals surface area (Å²) < 4.78 is 4.90. The lowest BCUT2D eigenvalue weighted by Gasteiger charge is -2.07. The number of carbonyl (C=O) groups excluding carboxylic acids is 1. The number of methoxy groups -OCH3 is 1. The number of nitrogens with zero attached hydrogens (tertiary/aromatic N) is 1. The smallest absolute Gasteiger partial charge is 0.226 e. The van der Waals surface area contributed by atoms with Gasteiger partial charge < -0.3 is 10.1 Å². The average molecular weight is 194 g/mol. The number of ether oxygens (including phenoxy) is 1. The minimum Gasteiger partial charge on any atom is -0.481 e. The van der Waals surface area contributed by atoms with E-state index >= 15 is 0 Å². The van der Waals surface area contributed by atoms with Crippen molar-refractivity contribution in [2.24, 2.45) is 5.92 Å². The molecule has 0 aliphatic rings. The van der Waals surface area contributed by atoms with E-state index in [9.17, 15) is 4.79 Å². The zero-order valence-electron chi connectivity index (χ0n) is 8.57. The summed E-state index contributed by atoms with van der Waals surface area (Å²) in [5.41, 5.74) is 0.685. The van der Waals surface area contributed by atoms with Crippen molar-refractivity contribution < 1.29 is 9.53 Å². The Hall–Kier alpha value is -1.58. The predicted octanol–water partition coefficient (Wildman–Crippen LogP) is 1.68. The van der Waals surface area contributed by atoms with Gasteiger partial charge in [0, 0.05) is 12.0 Å². The van der Waals surface area contributed by atoms with Gasteiger partial charge in [0.15, 0.2) is 0 Å². The van der Waals surface area contributed by atoms with Gasteiger partial charge in [-0.05, 0) is 6.07 Å². The highest BCUT2D eigenvalue weighted by atomic mass is 16.5. The Balaban J connectivity index is 2.64. The van der Waals surface area contributed by atoms with Gasteiger partial charge in [-0.25, -0.2) is 4.98 Å². The van der Waals surface area contributed by atoms with Crippen molar-refractivity contribution in [1.29, 1.82) is 0 Å². The van der Waals surface area contributed by atoms with Crippen molar-refractivity contribution in [3.63, 3.8) is 0 Å². The maximum absolute atomic E-state index is 11.3. The van der Waals surface area contributed by atoms with Gasteiger partial charge in [-0.2, -0.15) is 0 Å². The fourth-order valence-corrected chi connectivity index (χ4v) is 0.862. The van der Waals surface area contributed by atoms with E-state index in [1.807, 2.05) is 13.8 Å². The first-order valence-electron chi connectivity index (χ1n) is 4.44. The van der Waals surface area contributed by atoms with E-state index in [0.717, 1.165) is 0 Å². The highest BCUT2D eigenvalue weighted by Crippen LogP contribution is 2.11. The predicted molar refractivity (Wildman–Crippen MR) is 54.3 cm³/mol. The molecule has 0 saturated heterocycles. The third-order valence-corrected chi connectivity index (χ3v) is 1.74. The van der Waals surface area contributed by atoms with Crippen LogP contribution in [0.2, 0.25) is 0 Å². The lowest BCUT2D eigenvalue weighted by molar-refractivity contribution is -0.118. The highest BCUT2D eigenvalue weighted by Gasteiger charge is 2.06. The van der Waals surface area contributed by atoms with Crippen LogP contribution < -0.4 is 10.1 Å². The number of anilines is 1. The van der Waals surface area contributed by atoms with Gasteiger partial charge in [0.2, 0.25) is 11.8 Å². The van der Waals surface area contributed by atoms with Gasteiger partial charge in [0.1, 0.15) is 0 Å². The van der Waals surface area contributed by atoms with Crippen LogP contribution in [-0.4, -0.2) is 18.0 Å². The van der Waals surface area contributed by atoms with Gasteiger partial charge in [-0.3, -0.25) is 4.79 Å². The maximum Gasteiger partial charge on any atom is 0.226 e. The molecule has 0 aromatic carbocycles. The average Bonchev–Trinajstić information content (AvgIpc) is 2.19. The molecule has 4 heteroatoms. The molecule has 1 rings (SSSR count). The quantitative estimate of drug-likeness (QED) is 0.796. The van der Waals surface area contributed by atoms with E-state index in [-0.39, 0.29) is 11.8 Å². The Bertz CT molecular complexity index is 306. The van der Waals surface area contributed by atoms with Crippen LogP contribution in [0.5, 0.6) is 5.88 Å². The molecule has 0 radical (unpaired) electrons. The number of rotatable bonds is 3. The molecule has 14 heavy (non-hydrogen) atoms. The van der Waals surface area contributed by atoms with Gasteiger partial charge in [0.05, 0.1) is 19.0 Å². The molecular weight excluding hydrogens is 180 g/mol. The number of amides is 1. The Morgan fingerprint density at radius 3 is 2.64 bits per heavy atom. The Morgan fingerprint density at radius 1 is 1.50 bits per heavy atom. The SMILES string of the molecule is COc1ccc(NC(=O)C(C)C)cn1. The molecule has 76 valence electrons. The van der Waals surface area contributed by atoms with Gasteiger partial charge in [0.25, 0.3) is 0 Å². The molecule has 0 unspecified atom stereocenters. The number of hydrogen-bond donors (Lipinski definition) is 1. The molecule has 1 heterocycles. The molecule has 4 nitrogen and oxygen atoms in total. The van der Waals surface area contributed by atoms with Gasteiger partial charge in [-0.1, -0.05) is 13.8 Å². The first-order valence-corrected chi connectivity index (χ1v) is 4.44. The molecule has 1 aromatic heterocycles.